The number of benzene rings is 1. The van der Waals surface area contributed by atoms with E-state index in [4.69, 9.17) is 4.98 Å². The zero-order valence-electron chi connectivity index (χ0n) is 17.9. The van der Waals surface area contributed by atoms with Crippen LogP contribution in [0.25, 0.3) is 28.0 Å². The molecular weight excluding hydrogens is 429 g/mol. The number of pyridine rings is 2. The second kappa shape index (κ2) is 7.05. The van der Waals surface area contributed by atoms with E-state index in [-0.39, 0.29) is 5.56 Å². The van der Waals surface area contributed by atoms with Crippen molar-refractivity contribution >= 4 is 11.0 Å². The molecule has 2 bridgehead atoms. The molecule has 5 heterocycles. The Kier molecular flexibility index (Phi) is 4.32. The highest BCUT2D eigenvalue weighted by atomic mass is 19.4. The predicted molar refractivity (Wildman–Crippen MR) is 119 cm³/mol. The Balaban J connectivity index is 1.38. The van der Waals surface area contributed by atoms with Gasteiger partial charge in [0, 0.05) is 48.9 Å². The van der Waals surface area contributed by atoms with Gasteiger partial charge in [0.2, 0.25) is 0 Å². The van der Waals surface area contributed by atoms with E-state index in [1.54, 1.807) is 12.3 Å². The number of aromatic nitrogens is 3. The van der Waals surface area contributed by atoms with Crippen molar-refractivity contribution < 1.29 is 13.2 Å². The molecule has 0 radical (unpaired) electrons. The molecule has 3 aromatic heterocycles. The summed E-state index contributed by atoms with van der Waals surface area (Å²) in [5.74, 6) is 0.516. The lowest BCUT2D eigenvalue weighted by atomic mass is 10.00. The van der Waals surface area contributed by atoms with Crippen LogP contribution >= 0.6 is 0 Å². The average Bonchev–Trinajstić information content (AvgIpc) is 3.31. The summed E-state index contributed by atoms with van der Waals surface area (Å²) < 4.78 is 42.1. The van der Waals surface area contributed by atoms with Crippen molar-refractivity contribution in [1.29, 1.82) is 0 Å². The van der Waals surface area contributed by atoms with E-state index in [0.29, 0.717) is 29.0 Å². The van der Waals surface area contributed by atoms with E-state index in [9.17, 15) is 18.0 Å². The molecule has 1 fully saturated rings. The van der Waals surface area contributed by atoms with Crippen molar-refractivity contribution in [3.05, 3.63) is 81.9 Å². The molecule has 8 heteroatoms. The molecule has 0 saturated carbocycles. The number of nitrogens with zero attached hydrogens (tertiary/aromatic N) is 3. The van der Waals surface area contributed by atoms with Crippen molar-refractivity contribution in [3.8, 4) is 16.9 Å². The maximum atomic E-state index is 12.9. The van der Waals surface area contributed by atoms with Crippen LogP contribution in [-0.2, 0) is 19.6 Å². The highest BCUT2D eigenvalue weighted by molar-refractivity contribution is 5.84. The normalized spacial score (nSPS) is 19.8. The number of hydrogen-bond donors (Lipinski definition) is 1. The maximum Gasteiger partial charge on any atom is 0.416 e. The van der Waals surface area contributed by atoms with Crippen LogP contribution in [0.5, 0.6) is 0 Å². The second-order valence-electron chi connectivity index (χ2n) is 8.86. The van der Waals surface area contributed by atoms with Gasteiger partial charge >= 0.3 is 6.18 Å². The average molecular weight is 450 g/mol. The largest absolute Gasteiger partial charge is 0.416 e. The zero-order valence-corrected chi connectivity index (χ0v) is 17.9. The maximum absolute atomic E-state index is 12.9. The fourth-order valence-electron chi connectivity index (χ4n) is 5.28. The van der Waals surface area contributed by atoms with Gasteiger partial charge in [-0.3, -0.25) is 9.36 Å². The summed E-state index contributed by atoms with van der Waals surface area (Å²) in [6.07, 6.45) is 0.528. The number of hydrogen-bond acceptors (Lipinski definition) is 3. The van der Waals surface area contributed by atoms with Crippen molar-refractivity contribution in [2.24, 2.45) is 7.05 Å². The van der Waals surface area contributed by atoms with Crippen molar-refractivity contribution in [2.45, 2.75) is 37.5 Å². The van der Waals surface area contributed by atoms with Crippen LogP contribution in [0.3, 0.4) is 0 Å². The number of halogens is 3. The van der Waals surface area contributed by atoms with E-state index in [0.717, 1.165) is 36.0 Å². The Hall–Kier alpha value is -3.39. The Bertz CT molecular complexity index is 1450. The van der Waals surface area contributed by atoms with Gasteiger partial charge in [-0.1, -0.05) is 12.1 Å². The first-order valence-electron chi connectivity index (χ1n) is 10.9. The first kappa shape index (κ1) is 20.2. The molecule has 33 heavy (non-hydrogen) atoms. The van der Waals surface area contributed by atoms with Crippen LogP contribution < -0.4 is 10.9 Å². The van der Waals surface area contributed by atoms with Crippen LogP contribution in [0.15, 0.2) is 59.5 Å². The lowest BCUT2D eigenvalue weighted by Gasteiger charge is -2.22. The summed E-state index contributed by atoms with van der Waals surface area (Å²) in [5.41, 5.74) is 3.59. The molecule has 2 aliphatic rings. The number of nitrogens with one attached hydrogen (secondary N) is 1. The summed E-state index contributed by atoms with van der Waals surface area (Å²) in [4.78, 5) is 17.7. The van der Waals surface area contributed by atoms with Crippen LogP contribution in [0.4, 0.5) is 13.2 Å². The summed E-state index contributed by atoms with van der Waals surface area (Å²) in [6, 6.07) is 12.7. The van der Waals surface area contributed by atoms with E-state index in [2.05, 4.69) is 9.88 Å². The quantitative estimate of drug-likeness (QED) is 0.479. The molecule has 2 aliphatic heterocycles. The van der Waals surface area contributed by atoms with E-state index in [1.165, 1.54) is 40.4 Å². The number of fused-ring (bicyclic) bond motifs is 6. The Morgan fingerprint density at radius 3 is 2.55 bits per heavy atom. The van der Waals surface area contributed by atoms with Gasteiger partial charge in [-0.15, -0.1) is 0 Å². The topological polar surface area (TPSA) is 51.9 Å². The van der Waals surface area contributed by atoms with Crippen molar-refractivity contribution in [2.75, 3.05) is 0 Å². The van der Waals surface area contributed by atoms with Gasteiger partial charge in [0.15, 0.2) is 0 Å². The van der Waals surface area contributed by atoms with Gasteiger partial charge in [-0.2, -0.15) is 13.2 Å². The molecule has 168 valence electrons. The molecule has 1 aromatic carbocycles. The first-order chi connectivity index (χ1) is 15.8. The summed E-state index contributed by atoms with van der Waals surface area (Å²) in [6.45, 7) is 0. The standard InChI is InChI=1S/C25H21F3N4O/c1-31-20-13-17-6-8-19(29-17)23(20)18-7-9-21(30-24(18)31)32-11-10-15(12-22(32)33)14-2-4-16(5-3-14)25(26,27)28/h2-5,7,9-12,17,19,29H,6,8,13H2,1H3. The minimum absolute atomic E-state index is 0.293. The molecule has 2 unspecified atom stereocenters. The smallest absolute Gasteiger partial charge is 0.332 e. The molecule has 1 saturated heterocycles. The fourth-order valence-corrected chi connectivity index (χ4v) is 5.28. The fraction of sp³-hybridized carbons (Fsp3) is 0.280. The van der Waals surface area contributed by atoms with Gasteiger partial charge < -0.3 is 9.88 Å². The molecule has 4 aromatic rings. The predicted octanol–water partition coefficient (Wildman–Crippen LogP) is 4.76. The third kappa shape index (κ3) is 3.20. The molecule has 0 spiro atoms. The number of aryl methyl sites for hydroxylation is 1. The summed E-state index contributed by atoms with van der Waals surface area (Å²) in [5, 5.41) is 4.80. The monoisotopic (exact) mass is 450 g/mol. The van der Waals surface area contributed by atoms with Crippen LogP contribution in [-0.4, -0.2) is 20.2 Å². The first-order valence-corrected chi connectivity index (χ1v) is 10.9. The van der Waals surface area contributed by atoms with Crippen molar-refractivity contribution in [1.82, 2.24) is 19.4 Å². The van der Waals surface area contributed by atoms with E-state index in [1.807, 2.05) is 19.2 Å². The molecule has 0 aliphatic carbocycles. The van der Waals surface area contributed by atoms with Gasteiger partial charge in [0.05, 0.1) is 5.56 Å². The summed E-state index contributed by atoms with van der Waals surface area (Å²) >= 11 is 0. The Morgan fingerprint density at radius 1 is 1.03 bits per heavy atom. The molecule has 2 atom stereocenters. The number of alkyl halides is 3. The lowest BCUT2D eigenvalue weighted by molar-refractivity contribution is -0.137. The molecule has 0 amide bonds. The number of rotatable bonds is 2. The molecular formula is C25H21F3N4O. The Morgan fingerprint density at radius 2 is 1.82 bits per heavy atom. The molecule has 1 N–H and O–H groups in total. The Labute approximate surface area is 187 Å². The summed E-state index contributed by atoms with van der Waals surface area (Å²) in [7, 11) is 2.03. The van der Waals surface area contributed by atoms with Gasteiger partial charge in [-0.05, 0) is 59.9 Å². The van der Waals surface area contributed by atoms with Crippen LogP contribution in [0.1, 0.15) is 35.7 Å². The second-order valence-corrected chi connectivity index (χ2v) is 8.86. The van der Waals surface area contributed by atoms with Gasteiger partial charge in [-0.25, -0.2) is 4.98 Å². The minimum atomic E-state index is -4.39. The zero-order chi connectivity index (χ0) is 22.9. The highest BCUT2D eigenvalue weighted by Crippen LogP contribution is 2.41. The third-order valence-corrected chi connectivity index (χ3v) is 6.92. The van der Waals surface area contributed by atoms with Crippen molar-refractivity contribution in [3.63, 3.8) is 0 Å². The van der Waals surface area contributed by atoms with Gasteiger partial charge in [0.1, 0.15) is 11.5 Å². The van der Waals surface area contributed by atoms with Gasteiger partial charge in [0.25, 0.3) is 5.56 Å². The SMILES string of the molecule is Cn1c2c(c3ccc(-n4ccc(-c5ccc(C(F)(F)F)cc5)cc4=O)nc31)C1CCC(C2)N1. The van der Waals surface area contributed by atoms with Crippen LogP contribution in [0.2, 0.25) is 0 Å². The van der Waals surface area contributed by atoms with E-state index < -0.39 is 11.7 Å². The molecule has 6 rings (SSSR count). The van der Waals surface area contributed by atoms with E-state index >= 15 is 0 Å². The third-order valence-electron chi connectivity index (χ3n) is 6.92. The highest BCUT2D eigenvalue weighted by Gasteiger charge is 2.36. The van der Waals surface area contributed by atoms with Crippen LogP contribution in [0, 0.1) is 0 Å². The lowest BCUT2D eigenvalue weighted by Crippen LogP contribution is -2.32. The minimum Gasteiger partial charge on any atom is -0.332 e. The molecule has 5 nitrogen and oxygen atoms in total.